The zero-order valence-electron chi connectivity index (χ0n) is 21.5. The average molecular weight is 595 g/mol. The standard InChI is InChI=1S/C26H30BrClFN5O3/c1-25(2,3)37-24(36)34-9-12-6-13(34)8-26(12)17-15-7-16(28)18(27)19(29)20(15)30-22(21(17)31-23(26)35)33-10-14(11-33)32(4)5/h7,12-14H,6,8-11H2,1-5H3,(H,31,35). The van der Waals surface area contributed by atoms with E-state index < -0.39 is 16.8 Å². The molecule has 3 fully saturated rings. The second-order valence-corrected chi connectivity index (χ2v) is 13.1. The number of halogens is 3. The van der Waals surface area contributed by atoms with Crippen LogP contribution in [0.25, 0.3) is 10.9 Å². The van der Waals surface area contributed by atoms with Crippen LogP contribution in [-0.2, 0) is 14.9 Å². The molecule has 3 aliphatic heterocycles. The number of aromatic nitrogens is 1. The predicted molar refractivity (Wildman–Crippen MR) is 144 cm³/mol. The van der Waals surface area contributed by atoms with E-state index in [0.717, 1.165) is 18.7 Å². The van der Waals surface area contributed by atoms with Crippen molar-refractivity contribution in [2.24, 2.45) is 5.92 Å². The molecule has 2 saturated heterocycles. The minimum absolute atomic E-state index is 0.112. The summed E-state index contributed by atoms with van der Waals surface area (Å²) in [6.07, 6.45) is 0.774. The molecule has 3 atom stereocenters. The molecule has 1 saturated carbocycles. The van der Waals surface area contributed by atoms with Crippen LogP contribution in [0.5, 0.6) is 0 Å². The zero-order chi connectivity index (χ0) is 26.6. The van der Waals surface area contributed by atoms with Crippen LogP contribution in [0.3, 0.4) is 0 Å². The van der Waals surface area contributed by atoms with Gasteiger partial charge in [-0.2, -0.15) is 0 Å². The third-order valence-corrected chi connectivity index (χ3v) is 9.68. The molecule has 0 radical (unpaired) electrons. The number of amides is 2. The number of fused-ring (bicyclic) bond motifs is 7. The van der Waals surface area contributed by atoms with Gasteiger partial charge in [0.25, 0.3) is 0 Å². The Hall–Kier alpha value is -2.17. The molecule has 6 rings (SSSR count). The minimum Gasteiger partial charge on any atom is -0.444 e. The number of ether oxygens (including phenoxy) is 1. The lowest BCUT2D eigenvalue weighted by Gasteiger charge is -2.44. The first-order valence-electron chi connectivity index (χ1n) is 12.6. The number of nitrogens with one attached hydrogen (secondary N) is 1. The topological polar surface area (TPSA) is 78.0 Å². The van der Waals surface area contributed by atoms with Gasteiger partial charge in [0.2, 0.25) is 5.91 Å². The predicted octanol–water partition coefficient (Wildman–Crippen LogP) is 4.76. The number of hydrogen-bond acceptors (Lipinski definition) is 6. The van der Waals surface area contributed by atoms with Crippen LogP contribution < -0.4 is 10.2 Å². The van der Waals surface area contributed by atoms with Crippen molar-refractivity contribution in [3.05, 3.63) is 26.9 Å². The van der Waals surface area contributed by atoms with Gasteiger partial charge in [-0.25, -0.2) is 14.2 Å². The largest absolute Gasteiger partial charge is 0.444 e. The number of benzene rings is 1. The molecular weight excluding hydrogens is 565 g/mol. The third kappa shape index (κ3) is 3.58. The number of piperidine rings is 1. The van der Waals surface area contributed by atoms with E-state index in [4.69, 9.17) is 21.3 Å². The quantitative estimate of drug-likeness (QED) is 0.506. The van der Waals surface area contributed by atoms with Gasteiger partial charge in [0.1, 0.15) is 11.1 Å². The lowest BCUT2D eigenvalue weighted by Crippen LogP contribution is -2.57. The fraction of sp³-hybridized carbons (Fsp3) is 0.577. The highest BCUT2D eigenvalue weighted by molar-refractivity contribution is 9.10. The summed E-state index contributed by atoms with van der Waals surface area (Å²) in [6, 6.07) is 1.92. The van der Waals surface area contributed by atoms with Gasteiger partial charge >= 0.3 is 6.09 Å². The van der Waals surface area contributed by atoms with Crippen molar-refractivity contribution in [3.8, 4) is 0 Å². The molecule has 4 aliphatic rings. The second kappa shape index (κ2) is 8.16. The summed E-state index contributed by atoms with van der Waals surface area (Å²) < 4.78 is 21.4. The average Bonchev–Trinajstić information content (AvgIpc) is 3.43. The number of anilines is 2. The van der Waals surface area contributed by atoms with Crippen molar-refractivity contribution < 1.29 is 18.7 Å². The van der Waals surface area contributed by atoms with E-state index in [0.29, 0.717) is 42.3 Å². The van der Waals surface area contributed by atoms with Gasteiger partial charge in [0.15, 0.2) is 11.6 Å². The first-order valence-corrected chi connectivity index (χ1v) is 13.7. The summed E-state index contributed by atoms with van der Waals surface area (Å²) in [6.45, 7) is 7.40. The van der Waals surface area contributed by atoms with E-state index >= 15 is 4.39 Å². The lowest BCUT2D eigenvalue weighted by atomic mass is 9.70. The molecule has 1 spiro atoms. The number of hydrogen-bond donors (Lipinski definition) is 1. The Morgan fingerprint density at radius 3 is 2.62 bits per heavy atom. The fourth-order valence-corrected chi connectivity index (χ4v) is 7.03. The number of rotatable bonds is 2. The maximum Gasteiger partial charge on any atom is 0.410 e. The molecule has 3 unspecified atom stereocenters. The Labute approximate surface area is 228 Å². The zero-order valence-corrected chi connectivity index (χ0v) is 23.8. The van der Waals surface area contributed by atoms with E-state index in [1.165, 1.54) is 0 Å². The molecule has 2 bridgehead atoms. The van der Waals surface area contributed by atoms with Crippen LogP contribution in [-0.4, -0.2) is 78.2 Å². The van der Waals surface area contributed by atoms with Crippen molar-refractivity contribution in [1.29, 1.82) is 0 Å². The molecule has 1 aliphatic carbocycles. The van der Waals surface area contributed by atoms with E-state index in [2.05, 4.69) is 31.0 Å². The molecule has 2 aromatic rings. The highest BCUT2D eigenvalue weighted by Crippen LogP contribution is 2.60. The van der Waals surface area contributed by atoms with Crippen molar-refractivity contribution in [3.63, 3.8) is 0 Å². The third-order valence-electron chi connectivity index (χ3n) is 8.38. The second-order valence-electron chi connectivity index (χ2n) is 11.9. The number of likely N-dealkylation sites (tertiary alicyclic amines) is 1. The Balaban J connectivity index is 1.47. The van der Waals surface area contributed by atoms with Gasteiger partial charge in [-0.15, -0.1) is 0 Å². The van der Waals surface area contributed by atoms with Gasteiger partial charge in [-0.3, -0.25) is 4.79 Å². The number of pyridine rings is 1. The summed E-state index contributed by atoms with van der Waals surface area (Å²) in [5.41, 5.74) is 0.109. The molecule has 2 amide bonds. The summed E-state index contributed by atoms with van der Waals surface area (Å²) >= 11 is 9.68. The van der Waals surface area contributed by atoms with Crippen molar-refractivity contribution in [1.82, 2.24) is 14.8 Å². The highest BCUT2D eigenvalue weighted by Gasteiger charge is 2.64. The molecule has 1 aromatic carbocycles. The van der Waals surface area contributed by atoms with Crippen LogP contribution in [0.2, 0.25) is 5.02 Å². The molecule has 4 heterocycles. The molecule has 8 nitrogen and oxygen atoms in total. The Morgan fingerprint density at radius 1 is 1.32 bits per heavy atom. The summed E-state index contributed by atoms with van der Waals surface area (Å²) in [5, 5.41) is 3.91. The van der Waals surface area contributed by atoms with Crippen LogP contribution >= 0.6 is 27.5 Å². The highest BCUT2D eigenvalue weighted by atomic mass is 79.9. The molecular formula is C26H30BrClFN5O3. The van der Waals surface area contributed by atoms with Gasteiger partial charge in [-0.05, 0) is 75.6 Å². The Morgan fingerprint density at radius 2 is 2.03 bits per heavy atom. The maximum atomic E-state index is 15.6. The molecule has 37 heavy (non-hydrogen) atoms. The maximum absolute atomic E-state index is 15.6. The van der Waals surface area contributed by atoms with Crippen LogP contribution in [0.4, 0.5) is 20.7 Å². The number of nitrogens with zero attached hydrogens (tertiary/aromatic N) is 4. The van der Waals surface area contributed by atoms with E-state index in [1.807, 2.05) is 34.9 Å². The smallest absolute Gasteiger partial charge is 0.410 e. The Kier molecular flexibility index (Phi) is 5.54. The normalized spacial score (nSPS) is 26.9. The first-order chi connectivity index (χ1) is 17.3. The molecule has 1 aromatic heterocycles. The van der Waals surface area contributed by atoms with Gasteiger partial charge in [-0.1, -0.05) is 11.6 Å². The van der Waals surface area contributed by atoms with E-state index in [1.54, 1.807) is 11.0 Å². The SMILES string of the molecule is CN(C)C1CN(c2nc3c(F)c(Br)c(Cl)cc3c3c2NC(=O)C32CC3CC2CN3C(=O)OC(C)(C)C)C1. The van der Waals surface area contributed by atoms with Gasteiger partial charge in [0, 0.05) is 42.7 Å². The van der Waals surface area contributed by atoms with Crippen molar-refractivity contribution in [2.45, 2.75) is 56.7 Å². The number of likely N-dealkylation sites (N-methyl/N-ethyl adjacent to an activating group) is 1. The number of carbonyl (C=O) groups is 2. The molecule has 1 N–H and O–H groups in total. The summed E-state index contributed by atoms with van der Waals surface area (Å²) in [4.78, 5) is 37.5. The van der Waals surface area contributed by atoms with Crippen LogP contribution in [0, 0.1) is 11.7 Å². The first kappa shape index (κ1) is 25.1. The van der Waals surface area contributed by atoms with Gasteiger partial charge < -0.3 is 24.8 Å². The van der Waals surface area contributed by atoms with Crippen LogP contribution in [0.15, 0.2) is 10.5 Å². The van der Waals surface area contributed by atoms with E-state index in [9.17, 15) is 9.59 Å². The van der Waals surface area contributed by atoms with Crippen molar-refractivity contribution in [2.75, 3.05) is 43.9 Å². The van der Waals surface area contributed by atoms with Crippen molar-refractivity contribution >= 4 is 61.9 Å². The lowest BCUT2D eigenvalue weighted by molar-refractivity contribution is -0.123. The van der Waals surface area contributed by atoms with E-state index in [-0.39, 0.29) is 39.0 Å². The van der Waals surface area contributed by atoms with Gasteiger partial charge in [0.05, 0.1) is 20.6 Å². The van der Waals surface area contributed by atoms with Crippen LogP contribution in [0.1, 0.15) is 39.2 Å². The molecule has 198 valence electrons. The number of carbonyl (C=O) groups excluding carboxylic acids is 2. The fourth-order valence-electron chi connectivity index (χ4n) is 6.53. The summed E-state index contributed by atoms with van der Waals surface area (Å²) in [7, 11) is 4.06. The minimum atomic E-state index is -0.885. The monoisotopic (exact) mass is 593 g/mol. The molecule has 11 heteroatoms. The Bertz CT molecular complexity index is 1360. The summed E-state index contributed by atoms with van der Waals surface area (Å²) in [5.74, 6) is -0.186.